The van der Waals surface area contributed by atoms with E-state index in [4.69, 9.17) is 52.1 Å². The Balaban J connectivity index is 0.928. The van der Waals surface area contributed by atoms with Gasteiger partial charge in [-0.1, -0.05) is 43.7 Å². The largest absolute Gasteiger partial charge is 0.463 e. The van der Waals surface area contributed by atoms with Crippen molar-refractivity contribution in [1.29, 1.82) is 0 Å². The Bertz CT molecular complexity index is 1940. The molecular formula is C51H76O17. The van der Waals surface area contributed by atoms with Gasteiger partial charge < -0.3 is 72.5 Å². The van der Waals surface area contributed by atoms with Crippen LogP contribution in [0.15, 0.2) is 42.0 Å². The molecule has 382 valence electrons. The summed E-state index contributed by atoms with van der Waals surface area (Å²) in [4.78, 5) is 26.0. The third kappa shape index (κ3) is 9.35. The van der Waals surface area contributed by atoms with E-state index in [2.05, 4.69) is 6.92 Å². The molecule has 0 bridgehead atoms. The molecular weight excluding hydrogens is 885 g/mol. The smallest absolute Gasteiger partial charge is 0.338 e. The summed E-state index contributed by atoms with van der Waals surface area (Å²) < 4.78 is 67.8. The molecule has 6 fully saturated rings. The van der Waals surface area contributed by atoms with Crippen LogP contribution in [0.3, 0.4) is 0 Å². The fourth-order valence-electron chi connectivity index (χ4n) is 13.7. The van der Waals surface area contributed by atoms with Crippen LogP contribution in [0.5, 0.6) is 0 Å². The Kier molecular flexibility index (Phi) is 15.6. The topological polar surface area (TPSA) is 217 Å². The minimum absolute atomic E-state index is 0.228. The molecule has 4 aliphatic carbocycles. The molecule has 3 saturated carbocycles. The maximum atomic E-state index is 13.8. The van der Waals surface area contributed by atoms with Crippen molar-refractivity contribution in [3.8, 4) is 0 Å². The predicted molar refractivity (Wildman–Crippen MR) is 242 cm³/mol. The van der Waals surface area contributed by atoms with Gasteiger partial charge in [-0.2, -0.15) is 0 Å². The van der Waals surface area contributed by atoms with E-state index in [1.165, 1.54) is 14.0 Å². The van der Waals surface area contributed by atoms with E-state index >= 15 is 0 Å². The van der Waals surface area contributed by atoms with Gasteiger partial charge in [0.15, 0.2) is 18.9 Å². The van der Waals surface area contributed by atoms with Crippen LogP contribution in [0.4, 0.5) is 0 Å². The van der Waals surface area contributed by atoms with Crippen molar-refractivity contribution >= 4 is 11.9 Å². The van der Waals surface area contributed by atoms with Crippen molar-refractivity contribution in [2.45, 2.75) is 210 Å². The van der Waals surface area contributed by atoms with Crippen LogP contribution in [0, 0.1) is 28.6 Å². The first-order valence-electron chi connectivity index (χ1n) is 24.7. The average molecular weight is 961 g/mol. The number of carbonyl (C=O) groups is 2. The van der Waals surface area contributed by atoms with Gasteiger partial charge in [0, 0.05) is 58.3 Å². The van der Waals surface area contributed by atoms with Crippen LogP contribution >= 0.6 is 0 Å². The lowest BCUT2D eigenvalue weighted by atomic mass is 9.44. The van der Waals surface area contributed by atoms with Crippen LogP contribution in [0.2, 0.25) is 0 Å². The van der Waals surface area contributed by atoms with Crippen molar-refractivity contribution in [3.05, 3.63) is 47.5 Å². The van der Waals surface area contributed by atoms with Gasteiger partial charge >= 0.3 is 11.9 Å². The van der Waals surface area contributed by atoms with Crippen LogP contribution in [0.1, 0.15) is 110 Å². The number of aliphatic hydroxyl groups is 4. The number of hydrogen-bond donors (Lipinski definition) is 4. The second kappa shape index (κ2) is 20.5. The van der Waals surface area contributed by atoms with Gasteiger partial charge in [0.2, 0.25) is 0 Å². The lowest BCUT2D eigenvalue weighted by Crippen LogP contribution is -2.69. The number of ether oxygens (including phenoxy) is 11. The highest BCUT2D eigenvalue weighted by Crippen LogP contribution is 2.69. The minimum Gasteiger partial charge on any atom is -0.463 e. The zero-order valence-electron chi connectivity index (χ0n) is 41.3. The second-order valence-corrected chi connectivity index (χ2v) is 21.0. The zero-order valence-corrected chi connectivity index (χ0v) is 41.3. The maximum Gasteiger partial charge on any atom is 0.338 e. The molecule has 17 nitrogen and oxygen atoms in total. The summed E-state index contributed by atoms with van der Waals surface area (Å²) in [7, 11) is 4.63. The van der Waals surface area contributed by atoms with E-state index in [-0.39, 0.29) is 17.9 Å². The summed E-state index contributed by atoms with van der Waals surface area (Å²) in [5.74, 6) is -2.00. The van der Waals surface area contributed by atoms with Crippen molar-refractivity contribution in [3.63, 3.8) is 0 Å². The van der Waals surface area contributed by atoms with Crippen molar-refractivity contribution in [2.24, 2.45) is 28.6 Å². The summed E-state index contributed by atoms with van der Waals surface area (Å²) in [5.41, 5.74) is -1.44. The van der Waals surface area contributed by atoms with Gasteiger partial charge in [-0.15, -0.1) is 0 Å². The maximum absolute atomic E-state index is 13.8. The van der Waals surface area contributed by atoms with Gasteiger partial charge in [-0.25, -0.2) is 4.79 Å². The highest BCUT2D eigenvalue weighted by molar-refractivity contribution is 5.89. The fourth-order valence-corrected chi connectivity index (χ4v) is 13.7. The average Bonchev–Trinajstić information content (AvgIpc) is 3.59. The molecule has 3 heterocycles. The third-order valence-electron chi connectivity index (χ3n) is 17.4. The Morgan fingerprint density at radius 2 is 1.40 bits per heavy atom. The standard InChI is InChI=1S/C51H76O17/c1-25(61-29(5)52)33-17-19-51(57)41-34(22-38(50(33,51)7)66-47(56)30-14-12-11-13-15-30)49(6)18-16-32(20-31(49)21-35(41)53)65-39-23-36(58-8)44(27(3)62-39)67-40-24-37(59-9)45(28(4)63-40)68-48-43(55)46(60-10)42(54)26(2)64-48/h11-15,21,25-28,32-46,48,53-55,57H,16-20,22-24H2,1-10H3/t25?,26-,27-,28-,32+,33-,34+,35?,36+,37+,38-,39+,40+,41+,42-,43-,44-,45-,46-,48+,49+,50+,51+/m1/s1. The molecule has 1 aromatic rings. The summed E-state index contributed by atoms with van der Waals surface area (Å²) in [6.45, 7) is 12.8. The molecule has 17 heteroatoms. The van der Waals surface area contributed by atoms with Crippen LogP contribution in [0.25, 0.3) is 0 Å². The van der Waals surface area contributed by atoms with Crippen LogP contribution < -0.4 is 0 Å². The monoisotopic (exact) mass is 961 g/mol. The Hall–Kier alpha value is -2.62. The molecule has 8 rings (SSSR count). The molecule has 0 aromatic heterocycles. The van der Waals surface area contributed by atoms with Gasteiger partial charge in [0.25, 0.3) is 0 Å². The predicted octanol–water partition coefficient (Wildman–Crippen LogP) is 4.38. The molecule has 4 N–H and O–H groups in total. The number of aliphatic hydroxyl groups excluding tert-OH is 3. The number of benzene rings is 1. The van der Waals surface area contributed by atoms with Crippen LogP contribution in [-0.2, 0) is 56.9 Å². The van der Waals surface area contributed by atoms with Crippen molar-refractivity contribution < 1.29 is 82.1 Å². The summed E-state index contributed by atoms with van der Waals surface area (Å²) >= 11 is 0. The minimum atomic E-state index is -1.43. The number of carbonyl (C=O) groups excluding carboxylic acids is 2. The number of esters is 2. The van der Waals surface area contributed by atoms with Crippen molar-refractivity contribution in [1.82, 2.24) is 0 Å². The summed E-state index contributed by atoms with van der Waals surface area (Å²) in [6.07, 6.45) is -5.75. The van der Waals surface area contributed by atoms with E-state index < -0.39 is 133 Å². The van der Waals surface area contributed by atoms with E-state index in [0.29, 0.717) is 56.9 Å². The molecule has 23 atom stereocenters. The van der Waals surface area contributed by atoms with E-state index in [9.17, 15) is 30.0 Å². The molecule has 2 unspecified atom stereocenters. The molecule has 3 aliphatic heterocycles. The molecule has 3 saturated heterocycles. The Morgan fingerprint density at radius 3 is 2.01 bits per heavy atom. The number of rotatable bonds is 13. The lowest BCUT2D eigenvalue weighted by molar-refractivity contribution is -0.352. The number of methoxy groups -OCH3 is 3. The molecule has 0 amide bonds. The number of fused-ring (bicyclic) bond motifs is 5. The second-order valence-electron chi connectivity index (χ2n) is 21.0. The zero-order chi connectivity index (χ0) is 49.0. The van der Waals surface area contributed by atoms with E-state index in [1.807, 2.05) is 39.8 Å². The molecule has 0 radical (unpaired) electrons. The quantitative estimate of drug-likeness (QED) is 0.159. The summed E-state index contributed by atoms with van der Waals surface area (Å²) in [5, 5.41) is 46.7. The summed E-state index contributed by atoms with van der Waals surface area (Å²) in [6, 6.07) is 8.84. The van der Waals surface area contributed by atoms with Crippen molar-refractivity contribution in [2.75, 3.05) is 21.3 Å². The van der Waals surface area contributed by atoms with Gasteiger partial charge in [-0.3, -0.25) is 4.79 Å². The highest BCUT2D eigenvalue weighted by Gasteiger charge is 2.73. The SMILES string of the molecule is CO[C@H]1[C@@H](O)[C@H](O[C@H]2[C@@H](OC)C[C@H](O[C@H]3[C@@H](OC)C[C@H](O[C@H]4CC[C@@]5(C)C(=CC(O)[C@@H]6[C@@H]5C[C@@H](OC(=O)c5ccccc5)[C@]5(C)[C@@H](C(C)OC(C)=O)CC[C@]65O)C4)O[C@@H]3C)O[C@@H]2C)O[C@H](C)[C@H]1O. The van der Waals surface area contributed by atoms with E-state index in [1.54, 1.807) is 45.4 Å². The lowest BCUT2D eigenvalue weighted by Gasteiger charge is -2.64. The molecule has 0 spiro atoms. The van der Waals surface area contributed by atoms with E-state index in [0.717, 1.165) is 5.57 Å². The first-order chi connectivity index (χ1) is 32.3. The molecule has 68 heavy (non-hydrogen) atoms. The van der Waals surface area contributed by atoms with Crippen LogP contribution in [-0.4, -0.2) is 164 Å². The number of hydrogen-bond acceptors (Lipinski definition) is 17. The highest BCUT2D eigenvalue weighted by atomic mass is 16.8. The fraction of sp³-hybridized carbons (Fsp3) is 0.804. The molecule has 1 aromatic carbocycles. The van der Waals surface area contributed by atoms with Gasteiger partial charge in [0.1, 0.15) is 42.7 Å². The Morgan fingerprint density at radius 1 is 0.765 bits per heavy atom. The Labute approximate surface area is 400 Å². The third-order valence-corrected chi connectivity index (χ3v) is 17.4. The first kappa shape index (κ1) is 51.7. The van der Waals surface area contributed by atoms with Gasteiger partial charge in [0.05, 0.1) is 53.9 Å². The van der Waals surface area contributed by atoms with Gasteiger partial charge in [-0.05, 0) is 89.7 Å². The normalized spacial score (nSPS) is 47.4. The molecule has 7 aliphatic rings. The first-order valence-corrected chi connectivity index (χ1v) is 24.7.